The molecule has 5 aliphatic rings. The van der Waals surface area contributed by atoms with E-state index in [1.165, 1.54) is 97.4 Å². The van der Waals surface area contributed by atoms with Crippen LogP contribution in [0.15, 0.2) is 183 Å². The Bertz CT molecular complexity index is 6220. The lowest BCUT2D eigenvalue weighted by atomic mass is 9.83. The molecular weight excluding hydrogens is 1400 g/mol. The molecule has 0 unspecified atom stereocenters. The number of fused-ring (bicyclic) bond motifs is 14. The van der Waals surface area contributed by atoms with Gasteiger partial charge >= 0.3 is 0 Å². The fourth-order valence-electron chi connectivity index (χ4n) is 19.0. The van der Waals surface area contributed by atoms with Crippen LogP contribution in [-0.2, 0) is 0 Å². The Kier molecular flexibility index (Phi) is 12.6. The van der Waals surface area contributed by atoms with Crippen molar-refractivity contribution in [3.8, 4) is 44.5 Å². The summed E-state index contributed by atoms with van der Waals surface area (Å²) in [5.41, 5.74) is 23.4. The first-order chi connectivity index (χ1) is 50.2. The maximum atomic E-state index is 15.2. The SMILES string of the molecule is C=C(Br)c1cc(C(C)C)c(N2C(=O)c3ccc4c5ccc6c7c(ccc(c8ccc(c3c48)C2=O)c75)-c2cc3cc4c(cc3cc2-6)C=Cc2cc3cc5c(cc3cc2C=C4)-c2ccc3c4ccc6c7c(ccc(c8ccc-5c2c83)c74)C(=O)N(c2c(C(C)C)cc(C(=C)Br)cc2C(C)C)C6=O)c(C(C)C)c1. The minimum Gasteiger partial charge on any atom is -0.268 e. The fraction of sp³-hybridized carbons (Fsp3) is 0.125. The summed E-state index contributed by atoms with van der Waals surface area (Å²) in [5, 5.41) is 21.5. The number of carbonyl (C=O) groups excluding carboxylic acids is 4. The van der Waals surface area contributed by atoms with Crippen LogP contribution >= 0.6 is 31.9 Å². The van der Waals surface area contributed by atoms with Gasteiger partial charge in [-0.05, 0) is 318 Å². The Morgan fingerprint density at radius 2 is 0.471 bits per heavy atom. The lowest BCUT2D eigenvalue weighted by Gasteiger charge is -2.33. The first-order valence-corrected chi connectivity index (χ1v) is 37.6. The smallest absolute Gasteiger partial charge is 0.266 e. The van der Waals surface area contributed by atoms with Crippen LogP contribution in [0, 0.1) is 0 Å². The predicted molar refractivity (Wildman–Crippen MR) is 444 cm³/mol. The van der Waals surface area contributed by atoms with Crippen LogP contribution in [0.2, 0.25) is 0 Å². The molecule has 16 aromatic carbocycles. The quantitative estimate of drug-likeness (QED) is 0.0863. The minimum atomic E-state index is -0.300. The van der Waals surface area contributed by atoms with Gasteiger partial charge in [0.15, 0.2) is 0 Å². The number of hydrogen-bond acceptors (Lipinski definition) is 4. The highest BCUT2D eigenvalue weighted by molar-refractivity contribution is 9.15. The summed E-state index contributed by atoms with van der Waals surface area (Å²) in [6, 6.07) is 61.6. The highest BCUT2D eigenvalue weighted by atomic mass is 79.9. The standard InChI is InChI=1S/C96H64Br2N2O4/c1-43(2)75-35-53(47(9)97)36-76(44(3)4)91(75)99-93(101)71-27-23-63-59-15-19-67-79-39-55-31-49-11-13-51-33-57-41-81-69-21-17-61-65-25-29-73-90-74(96(104)100(95(73)103)92-77(45(5)6)37-54(48(10)98)38-78(92)46(7)8)30-26-66(86(65)90)62-18-22-70(88(69)84(61)62)82(81)42-58(57)34-52(51)14-12-50(49)32-56(55)40-80(79)68-20-16-60(83(59)87(67)68)64-24-28-72(94(99)102)89(71)85(63)64/h11-46H,9-10H2,1-8H3. The number of carbonyl (C=O) groups is 4. The van der Waals surface area contributed by atoms with Crippen molar-refractivity contribution in [1.29, 1.82) is 0 Å². The first-order valence-electron chi connectivity index (χ1n) is 36.1. The summed E-state index contributed by atoms with van der Waals surface area (Å²) in [4.78, 5) is 63.7. The van der Waals surface area contributed by atoms with E-state index in [1.54, 1.807) is 0 Å². The minimum absolute atomic E-state index is 0.0338. The van der Waals surface area contributed by atoms with Crippen LogP contribution < -0.4 is 9.80 Å². The number of anilines is 2. The van der Waals surface area contributed by atoms with E-state index in [9.17, 15) is 0 Å². The second-order valence-corrected chi connectivity index (χ2v) is 32.6. The molecule has 0 radical (unpaired) electrons. The number of imide groups is 2. The number of amides is 4. The number of nitrogens with zero attached hydrogens (tertiary/aromatic N) is 2. The molecule has 0 saturated carbocycles. The third kappa shape index (κ3) is 7.99. The van der Waals surface area contributed by atoms with E-state index >= 15 is 19.2 Å². The van der Waals surface area contributed by atoms with Crippen molar-refractivity contribution in [2.24, 2.45) is 0 Å². The zero-order valence-corrected chi connectivity index (χ0v) is 61.7. The largest absolute Gasteiger partial charge is 0.268 e. The zero-order valence-electron chi connectivity index (χ0n) is 58.5. The second kappa shape index (κ2) is 21.3. The Labute approximate surface area is 616 Å². The zero-order chi connectivity index (χ0) is 71.0. The van der Waals surface area contributed by atoms with Gasteiger partial charge in [0.2, 0.25) is 0 Å². The topological polar surface area (TPSA) is 74.8 Å². The summed E-state index contributed by atoms with van der Waals surface area (Å²) in [6.07, 6.45) is 9.12. The van der Waals surface area contributed by atoms with Gasteiger partial charge in [-0.1, -0.05) is 198 Å². The summed E-state index contributed by atoms with van der Waals surface area (Å²) in [6.45, 7) is 25.2. The van der Waals surface area contributed by atoms with Gasteiger partial charge in [-0.25, -0.2) is 9.80 Å². The predicted octanol–water partition coefficient (Wildman–Crippen LogP) is 26.9. The third-order valence-corrected chi connectivity index (χ3v) is 24.8. The molecule has 4 amide bonds. The highest BCUT2D eigenvalue weighted by Gasteiger charge is 2.42. The van der Waals surface area contributed by atoms with Crippen LogP contribution in [0.3, 0.4) is 0 Å². The number of hydrogen-bond donors (Lipinski definition) is 0. The van der Waals surface area contributed by atoms with E-state index < -0.39 is 0 Å². The van der Waals surface area contributed by atoms with Crippen molar-refractivity contribution >= 4 is 208 Å². The lowest BCUT2D eigenvalue weighted by molar-refractivity contribution is 0.0877. The molecule has 3 aliphatic carbocycles. The van der Waals surface area contributed by atoms with Gasteiger partial charge in [0.1, 0.15) is 0 Å². The monoisotopic (exact) mass is 1470 g/mol. The molecule has 0 fully saturated rings. The maximum Gasteiger partial charge on any atom is 0.266 e. The third-order valence-electron chi connectivity index (χ3n) is 23.8. The van der Waals surface area contributed by atoms with Gasteiger partial charge in [0, 0.05) is 42.0 Å². The summed E-state index contributed by atoms with van der Waals surface area (Å²) in [5.74, 6) is -1.06. The molecule has 104 heavy (non-hydrogen) atoms. The van der Waals surface area contributed by atoms with Gasteiger partial charge in [0.05, 0.1) is 11.4 Å². The van der Waals surface area contributed by atoms with Crippen LogP contribution in [0.5, 0.6) is 0 Å². The van der Waals surface area contributed by atoms with Crippen molar-refractivity contribution in [1.82, 2.24) is 0 Å². The maximum absolute atomic E-state index is 15.2. The van der Waals surface area contributed by atoms with E-state index in [2.05, 4.69) is 270 Å². The van der Waals surface area contributed by atoms with E-state index in [0.717, 1.165) is 129 Å². The molecule has 8 heteroatoms. The average molecular weight is 1470 g/mol. The molecule has 496 valence electrons. The van der Waals surface area contributed by atoms with E-state index in [-0.39, 0.29) is 47.3 Å². The van der Waals surface area contributed by atoms with Crippen LogP contribution in [0.25, 0.3) is 186 Å². The summed E-state index contributed by atoms with van der Waals surface area (Å²) >= 11 is 7.22. The Morgan fingerprint density at radius 1 is 0.269 bits per heavy atom. The molecule has 21 rings (SSSR count). The molecule has 2 aliphatic heterocycles. The molecule has 6 nitrogen and oxygen atoms in total. The average Bonchev–Trinajstić information content (AvgIpc) is 1.21. The molecule has 16 aromatic rings. The Hall–Kier alpha value is -11.2. The Morgan fingerprint density at radius 3 is 0.673 bits per heavy atom. The van der Waals surface area contributed by atoms with Gasteiger partial charge in [-0.15, -0.1) is 0 Å². The first kappa shape index (κ1) is 61.5. The van der Waals surface area contributed by atoms with Gasteiger partial charge in [0.25, 0.3) is 23.6 Å². The van der Waals surface area contributed by atoms with Crippen molar-refractivity contribution in [3.05, 3.63) is 261 Å². The van der Waals surface area contributed by atoms with Crippen molar-refractivity contribution in [3.63, 3.8) is 0 Å². The molecular formula is C96H64Br2N2O4. The number of halogens is 2. The van der Waals surface area contributed by atoms with Crippen molar-refractivity contribution in [2.75, 3.05) is 9.80 Å². The molecule has 0 bridgehead atoms. The molecule has 0 N–H and O–H groups in total. The van der Waals surface area contributed by atoms with Gasteiger partial charge < -0.3 is 0 Å². The van der Waals surface area contributed by atoms with Gasteiger partial charge in [-0.2, -0.15) is 0 Å². The molecule has 0 atom stereocenters. The van der Waals surface area contributed by atoms with Crippen LogP contribution in [-0.4, -0.2) is 23.6 Å². The van der Waals surface area contributed by atoms with Crippen molar-refractivity contribution in [2.45, 2.75) is 79.1 Å². The number of benzene rings is 16. The summed E-state index contributed by atoms with van der Waals surface area (Å²) < 4.78 is 1.52. The second-order valence-electron chi connectivity index (χ2n) is 30.7. The van der Waals surface area contributed by atoms with Crippen LogP contribution in [0.1, 0.15) is 176 Å². The van der Waals surface area contributed by atoms with Crippen LogP contribution in [0.4, 0.5) is 11.4 Å². The fourth-order valence-corrected chi connectivity index (χ4v) is 19.5. The van der Waals surface area contributed by atoms with E-state index in [4.69, 9.17) is 0 Å². The lowest BCUT2D eigenvalue weighted by Crippen LogP contribution is -2.42. The number of rotatable bonds is 8. The summed E-state index contributed by atoms with van der Waals surface area (Å²) in [7, 11) is 0. The van der Waals surface area contributed by atoms with E-state index in [0.29, 0.717) is 33.6 Å². The van der Waals surface area contributed by atoms with Crippen molar-refractivity contribution < 1.29 is 19.2 Å². The molecule has 0 spiro atoms. The molecule has 0 aromatic heterocycles. The molecule has 0 saturated heterocycles. The molecule has 2 heterocycles. The highest BCUT2D eigenvalue weighted by Crippen LogP contribution is 2.58. The van der Waals surface area contributed by atoms with Gasteiger partial charge in [-0.3, -0.25) is 19.2 Å². The Balaban J connectivity index is 0.625. The van der Waals surface area contributed by atoms with E-state index in [1.807, 2.05) is 24.3 Å². The normalized spacial score (nSPS) is 14.2.